The summed E-state index contributed by atoms with van der Waals surface area (Å²) in [7, 11) is 1.69. The van der Waals surface area contributed by atoms with Gasteiger partial charge < -0.3 is 9.80 Å². The van der Waals surface area contributed by atoms with Gasteiger partial charge in [-0.1, -0.05) is 23.7 Å². The molecule has 0 aliphatic carbocycles. The summed E-state index contributed by atoms with van der Waals surface area (Å²) in [6, 6.07) is 6.68. The van der Waals surface area contributed by atoms with Crippen LogP contribution in [0.2, 0.25) is 5.15 Å². The molecule has 0 radical (unpaired) electrons. The molecule has 5 nitrogen and oxygen atoms in total. The first kappa shape index (κ1) is 14.8. The standard InChI is InChI=1S/C15H16ClFN4O/c1-19-14(16)11(10-18-19)15(22)21-8-6-20(7-9-21)13-5-3-2-4-12(13)17/h2-5,10H,6-9H2,1H3. The van der Waals surface area contributed by atoms with Crippen LogP contribution >= 0.6 is 11.6 Å². The van der Waals surface area contributed by atoms with Crippen LogP contribution < -0.4 is 4.90 Å². The smallest absolute Gasteiger partial charge is 0.258 e. The molecule has 0 atom stereocenters. The number of piperazine rings is 1. The van der Waals surface area contributed by atoms with Gasteiger partial charge in [0, 0.05) is 33.2 Å². The number of benzene rings is 1. The number of halogens is 2. The number of carbonyl (C=O) groups excluding carboxylic acids is 1. The molecule has 1 amide bonds. The minimum absolute atomic E-state index is 0.133. The van der Waals surface area contributed by atoms with Crippen molar-refractivity contribution in [3.63, 3.8) is 0 Å². The molecule has 1 aliphatic heterocycles. The van der Waals surface area contributed by atoms with Crippen LogP contribution in [0.5, 0.6) is 0 Å². The highest BCUT2D eigenvalue weighted by Gasteiger charge is 2.26. The number of aromatic nitrogens is 2. The molecule has 2 heterocycles. The van der Waals surface area contributed by atoms with Gasteiger partial charge in [-0.2, -0.15) is 5.10 Å². The molecule has 7 heteroatoms. The molecule has 0 unspecified atom stereocenters. The lowest BCUT2D eigenvalue weighted by atomic mass is 10.2. The van der Waals surface area contributed by atoms with Crippen LogP contribution in [0.3, 0.4) is 0 Å². The van der Waals surface area contributed by atoms with E-state index in [2.05, 4.69) is 5.10 Å². The summed E-state index contributed by atoms with van der Waals surface area (Å²) in [6.07, 6.45) is 1.48. The van der Waals surface area contributed by atoms with E-state index < -0.39 is 0 Å². The molecular formula is C15H16ClFN4O. The summed E-state index contributed by atoms with van der Waals surface area (Å²) in [6.45, 7) is 2.23. The van der Waals surface area contributed by atoms with Crippen LogP contribution in [-0.4, -0.2) is 46.8 Å². The van der Waals surface area contributed by atoms with E-state index in [1.807, 2.05) is 11.0 Å². The second-order valence-electron chi connectivity index (χ2n) is 5.20. The number of amides is 1. The SMILES string of the molecule is Cn1ncc(C(=O)N2CCN(c3ccccc3F)CC2)c1Cl. The average molecular weight is 323 g/mol. The van der Waals surface area contributed by atoms with Gasteiger partial charge in [0.15, 0.2) is 0 Å². The second-order valence-corrected chi connectivity index (χ2v) is 5.56. The maximum atomic E-state index is 13.8. The molecule has 0 spiro atoms. The predicted molar refractivity (Wildman–Crippen MR) is 82.7 cm³/mol. The van der Waals surface area contributed by atoms with E-state index in [9.17, 15) is 9.18 Å². The van der Waals surface area contributed by atoms with E-state index in [0.717, 1.165) is 0 Å². The third-order valence-electron chi connectivity index (χ3n) is 3.86. The van der Waals surface area contributed by atoms with Gasteiger partial charge >= 0.3 is 0 Å². The fourth-order valence-electron chi connectivity index (χ4n) is 2.60. The Hall–Kier alpha value is -2.08. The lowest BCUT2D eigenvalue weighted by Gasteiger charge is -2.36. The van der Waals surface area contributed by atoms with Crippen LogP contribution in [0.15, 0.2) is 30.5 Å². The molecule has 2 aromatic rings. The van der Waals surface area contributed by atoms with E-state index in [-0.39, 0.29) is 11.7 Å². The number of rotatable bonds is 2. The van der Waals surface area contributed by atoms with Gasteiger partial charge in [0.1, 0.15) is 11.0 Å². The van der Waals surface area contributed by atoms with Crippen LogP contribution in [0.25, 0.3) is 0 Å². The molecule has 1 saturated heterocycles. The third-order valence-corrected chi connectivity index (χ3v) is 4.31. The summed E-state index contributed by atoms with van der Waals surface area (Å²) >= 11 is 6.06. The Morgan fingerprint density at radius 1 is 1.23 bits per heavy atom. The number of nitrogens with zero attached hydrogens (tertiary/aromatic N) is 4. The van der Waals surface area contributed by atoms with Gasteiger partial charge in [0.2, 0.25) is 0 Å². The average Bonchev–Trinajstić information content (AvgIpc) is 2.87. The van der Waals surface area contributed by atoms with Gasteiger partial charge in [-0.25, -0.2) is 4.39 Å². The van der Waals surface area contributed by atoms with Crippen molar-refractivity contribution in [2.45, 2.75) is 0 Å². The van der Waals surface area contributed by atoms with Gasteiger partial charge in [0.05, 0.1) is 17.4 Å². The maximum absolute atomic E-state index is 13.8. The Labute approximate surface area is 132 Å². The van der Waals surface area contributed by atoms with Crippen molar-refractivity contribution in [3.05, 3.63) is 47.0 Å². The molecule has 1 aromatic heterocycles. The lowest BCUT2D eigenvalue weighted by molar-refractivity contribution is 0.0746. The fraction of sp³-hybridized carbons (Fsp3) is 0.333. The first-order valence-electron chi connectivity index (χ1n) is 7.04. The molecule has 1 aliphatic rings. The van der Waals surface area contributed by atoms with Gasteiger partial charge in [-0.15, -0.1) is 0 Å². The summed E-state index contributed by atoms with van der Waals surface area (Å²) in [5, 5.41) is 4.32. The molecular weight excluding hydrogens is 307 g/mol. The summed E-state index contributed by atoms with van der Waals surface area (Å²) in [5.41, 5.74) is 0.984. The van der Waals surface area contributed by atoms with Crippen LogP contribution in [0.4, 0.5) is 10.1 Å². The molecule has 22 heavy (non-hydrogen) atoms. The largest absolute Gasteiger partial charge is 0.366 e. The Morgan fingerprint density at radius 2 is 1.91 bits per heavy atom. The van der Waals surface area contributed by atoms with E-state index >= 15 is 0 Å². The quantitative estimate of drug-likeness (QED) is 0.851. The zero-order valence-electron chi connectivity index (χ0n) is 12.2. The Bertz CT molecular complexity index is 695. The number of hydrogen-bond acceptors (Lipinski definition) is 3. The molecule has 1 aromatic carbocycles. The Balaban J connectivity index is 1.68. The zero-order chi connectivity index (χ0) is 15.7. The van der Waals surface area contributed by atoms with Crippen molar-refractivity contribution in [1.29, 1.82) is 0 Å². The first-order valence-corrected chi connectivity index (χ1v) is 7.42. The van der Waals surface area contributed by atoms with Crippen LogP contribution in [0, 0.1) is 5.82 Å². The third kappa shape index (κ3) is 2.66. The van der Waals surface area contributed by atoms with Crippen molar-refractivity contribution in [2.75, 3.05) is 31.1 Å². The zero-order valence-corrected chi connectivity index (χ0v) is 12.9. The molecule has 1 fully saturated rings. The van der Waals surface area contributed by atoms with Gasteiger partial charge in [-0.3, -0.25) is 9.48 Å². The molecule has 116 valence electrons. The fourth-order valence-corrected chi connectivity index (χ4v) is 2.77. The topological polar surface area (TPSA) is 41.4 Å². The lowest BCUT2D eigenvalue weighted by Crippen LogP contribution is -2.49. The Morgan fingerprint density at radius 3 is 2.50 bits per heavy atom. The number of anilines is 1. The van der Waals surface area contributed by atoms with Crippen molar-refractivity contribution in [2.24, 2.45) is 7.05 Å². The van der Waals surface area contributed by atoms with Crippen molar-refractivity contribution < 1.29 is 9.18 Å². The van der Waals surface area contributed by atoms with Crippen molar-refractivity contribution in [1.82, 2.24) is 14.7 Å². The van der Waals surface area contributed by atoms with Crippen molar-refractivity contribution >= 4 is 23.2 Å². The minimum atomic E-state index is -0.238. The first-order chi connectivity index (χ1) is 10.6. The minimum Gasteiger partial charge on any atom is -0.366 e. The van der Waals surface area contributed by atoms with Crippen LogP contribution in [-0.2, 0) is 7.05 Å². The van der Waals surface area contributed by atoms with E-state index in [4.69, 9.17) is 11.6 Å². The predicted octanol–water partition coefficient (Wildman–Crippen LogP) is 2.17. The highest BCUT2D eigenvalue weighted by molar-refractivity contribution is 6.32. The van der Waals surface area contributed by atoms with E-state index in [0.29, 0.717) is 42.6 Å². The van der Waals surface area contributed by atoms with E-state index in [1.54, 1.807) is 24.1 Å². The summed E-state index contributed by atoms with van der Waals surface area (Å²) in [5.74, 6) is -0.371. The number of aryl methyl sites for hydroxylation is 1. The monoisotopic (exact) mass is 322 g/mol. The van der Waals surface area contributed by atoms with Gasteiger partial charge in [-0.05, 0) is 12.1 Å². The highest BCUT2D eigenvalue weighted by atomic mass is 35.5. The molecule has 0 bridgehead atoms. The van der Waals surface area contributed by atoms with Crippen LogP contribution in [0.1, 0.15) is 10.4 Å². The summed E-state index contributed by atoms with van der Waals surface area (Å²) in [4.78, 5) is 16.1. The number of carbonyl (C=O) groups is 1. The molecule has 0 N–H and O–H groups in total. The van der Waals surface area contributed by atoms with Gasteiger partial charge in [0.25, 0.3) is 5.91 Å². The molecule has 3 rings (SSSR count). The molecule has 0 saturated carbocycles. The summed E-state index contributed by atoms with van der Waals surface area (Å²) < 4.78 is 15.3. The normalized spacial score (nSPS) is 15.2. The second kappa shape index (κ2) is 5.96. The number of hydrogen-bond donors (Lipinski definition) is 0. The Kier molecular flexibility index (Phi) is 4.02. The highest BCUT2D eigenvalue weighted by Crippen LogP contribution is 2.22. The number of para-hydroxylation sites is 1. The van der Waals surface area contributed by atoms with Crippen molar-refractivity contribution in [3.8, 4) is 0 Å². The van der Waals surface area contributed by atoms with E-state index in [1.165, 1.54) is 16.9 Å². The maximum Gasteiger partial charge on any atom is 0.258 e.